The van der Waals surface area contributed by atoms with E-state index in [0.29, 0.717) is 6.29 Å². The summed E-state index contributed by atoms with van der Waals surface area (Å²) in [4.78, 5) is 10.2. The van der Waals surface area contributed by atoms with Crippen LogP contribution in [0.1, 0.15) is 10.6 Å². The monoisotopic (exact) mass is 286 g/mol. The number of aldehydes is 1. The van der Waals surface area contributed by atoms with Crippen LogP contribution < -0.4 is 0 Å². The van der Waals surface area contributed by atoms with E-state index >= 15 is 0 Å². The van der Waals surface area contributed by atoms with Crippen molar-refractivity contribution in [2.45, 2.75) is 4.90 Å². The number of hydrogen-bond acceptors (Lipinski definition) is 4. The highest BCUT2D eigenvalue weighted by molar-refractivity contribution is 7.85. The van der Waals surface area contributed by atoms with Gasteiger partial charge in [0.2, 0.25) is 0 Å². The summed E-state index contributed by atoms with van der Waals surface area (Å²) < 4.78 is 36.1. The molecule has 0 saturated heterocycles. The van der Waals surface area contributed by atoms with Gasteiger partial charge in [-0.05, 0) is 30.3 Å². The zero-order valence-corrected chi connectivity index (χ0v) is 10.4. The molecule has 18 heavy (non-hydrogen) atoms. The summed E-state index contributed by atoms with van der Waals surface area (Å²) >= 11 is 5.91. The fraction of sp³-hybridized carbons (Fsp3) is 0. The molecule has 0 amide bonds. The molecule has 1 N–H and O–H groups in total. The van der Waals surface area contributed by atoms with Crippen molar-refractivity contribution in [3.63, 3.8) is 0 Å². The van der Waals surface area contributed by atoms with E-state index in [0.717, 1.165) is 0 Å². The van der Waals surface area contributed by atoms with E-state index in [4.69, 9.17) is 20.6 Å². The van der Waals surface area contributed by atoms with Crippen molar-refractivity contribution in [3.05, 3.63) is 41.1 Å². The van der Waals surface area contributed by atoms with Crippen LogP contribution in [0.4, 0.5) is 0 Å². The van der Waals surface area contributed by atoms with Gasteiger partial charge in [-0.1, -0.05) is 11.6 Å². The topological polar surface area (TPSA) is 84.6 Å². The van der Waals surface area contributed by atoms with Crippen molar-refractivity contribution in [2.75, 3.05) is 0 Å². The Labute approximate surface area is 108 Å². The molecule has 7 heteroatoms. The maximum atomic E-state index is 11.0. The molecule has 0 aliphatic heterocycles. The van der Waals surface area contributed by atoms with E-state index in [2.05, 4.69) is 0 Å². The lowest BCUT2D eigenvalue weighted by atomic mass is 10.2. The lowest BCUT2D eigenvalue weighted by molar-refractivity contribution is 0.110. The molecule has 1 heterocycles. The number of carbonyl (C=O) groups is 1. The molecular formula is C11H7ClO5S. The van der Waals surface area contributed by atoms with Gasteiger partial charge in [-0.15, -0.1) is 0 Å². The zero-order chi connectivity index (χ0) is 13.3. The predicted molar refractivity (Wildman–Crippen MR) is 64.4 cm³/mol. The number of furan rings is 1. The maximum Gasteiger partial charge on any atom is 0.294 e. The van der Waals surface area contributed by atoms with Crippen LogP contribution in [0.25, 0.3) is 11.3 Å². The van der Waals surface area contributed by atoms with Gasteiger partial charge in [-0.2, -0.15) is 8.42 Å². The number of rotatable bonds is 3. The average molecular weight is 287 g/mol. The second-order valence-electron chi connectivity index (χ2n) is 3.44. The fourth-order valence-corrected chi connectivity index (χ4v) is 2.13. The SMILES string of the molecule is O=Cc1ccc(-c2cc(S(=O)(=O)O)ccc2Cl)o1. The number of benzene rings is 1. The number of hydrogen-bond donors (Lipinski definition) is 1. The minimum Gasteiger partial charge on any atom is -0.453 e. The molecule has 1 aromatic carbocycles. The molecule has 2 aromatic rings. The van der Waals surface area contributed by atoms with Crippen LogP contribution in [-0.4, -0.2) is 19.3 Å². The van der Waals surface area contributed by atoms with E-state index in [-0.39, 0.29) is 27.0 Å². The third-order valence-electron chi connectivity index (χ3n) is 2.24. The number of halogens is 1. The largest absolute Gasteiger partial charge is 0.453 e. The molecule has 94 valence electrons. The van der Waals surface area contributed by atoms with E-state index in [1.807, 2.05) is 0 Å². The quantitative estimate of drug-likeness (QED) is 0.692. The van der Waals surface area contributed by atoms with E-state index in [9.17, 15) is 13.2 Å². The normalized spacial score (nSPS) is 11.4. The summed E-state index contributed by atoms with van der Waals surface area (Å²) in [6.45, 7) is 0. The van der Waals surface area contributed by atoms with Gasteiger partial charge in [-0.3, -0.25) is 9.35 Å². The summed E-state index contributed by atoms with van der Waals surface area (Å²) in [5.74, 6) is 0.339. The summed E-state index contributed by atoms with van der Waals surface area (Å²) in [6, 6.07) is 6.58. The second-order valence-corrected chi connectivity index (χ2v) is 5.27. The Bertz CT molecular complexity index is 702. The molecule has 0 saturated carbocycles. The van der Waals surface area contributed by atoms with E-state index in [1.54, 1.807) is 0 Å². The molecule has 0 aliphatic rings. The fourth-order valence-electron chi connectivity index (χ4n) is 1.41. The Morgan fingerprint density at radius 2 is 1.94 bits per heavy atom. The summed E-state index contributed by atoms with van der Waals surface area (Å²) in [5, 5.41) is 0.245. The molecule has 0 atom stereocenters. The molecular weight excluding hydrogens is 280 g/mol. The molecule has 0 unspecified atom stereocenters. The van der Waals surface area contributed by atoms with Crippen molar-refractivity contribution in [1.29, 1.82) is 0 Å². The molecule has 0 radical (unpaired) electrons. The van der Waals surface area contributed by atoms with Crippen LogP contribution in [0, 0.1) is 0 Å². The third-order valence-corrected chi connectivity index (χ3v) is 3.42. The standard InChI is InChI=1S/C11H7ClO5S/c12-10-3-2-8(18(14,15)16)5-9(10)11-4-1-7(6-13)17-11/h1-6H,(H,14,15,16). The van der Waals surface area contributed by atoms with Crippen LogP contribution in [0.2, 0.25) is 5.02 Å². The Morgan fingerprint density at radius 1 is 1.22 bits per heavy atom. The predicted octanol–water partition coefficient (Wildman–Crippen LogP) is 2.66. The van der Waals surface area contributed by atoms with Crippen molar-refractivity contribution >= 4 is 28.0 Å². The molecule has 5 nitrogen and oxygen atoms in total. The molecule has 0 bridgehead atoms. The lowest BCUT2D eigenvalue weighted by Gasteiger charge is -2.03. The maximum absolute atomic E-state index is 11.0. The molecule has 1 aromatic heterocycles. The van der Waals surface area contributed by atoms with Gasteiger partial charge in [0, 0.05) is 5.56 Å². The molecule has 0 spiro atoms. The minimum atomic E-state index is -4.32. The first kappa shape index (κ1) is 12.8. The highest BCUT2D eigenvalue weighted by Gasteiger charge is 2.15. The summed E-state index contributed by atoms with van der Waals surface area (Å²) in [6.07, 6.45) is 0.518. The Hall–Kier alpha value is -1.63. The van der Waals surface area contributed by atoms with Gasteiger partial charge in [0.25, 0.3) is 10.1 Å². The Balaban J connectivity index is 2.59. The highest BCUT2D eigenvalue weighted by atomic mass is 35.5. The average Bonchev–Trinajstić information content (AvgIpc) is 2.76. The zero-order valence-electron chi connectivity index (χ0n) is 8.83. The van der Waals surface area contributed by atoms with Gasteiger partial charge in [-0.25, -0.2) is 0 Å². The van der Waals surface area contributed by atoms with Gasteiger partial charge in [0.05, 0.1) is 9.92 Å². The van der Waals surface area contributed by atoms with Crippen LogP contribution in [0.15, 0.2) is 39.6 Å². The first-order valence-electron chi connectivity index (χ1n) is 4.74. The lowest BCUT2D eigenvalue weighted by Crippen LogP contribution is -1.98. The van der Waals surface area contributed by atoms with Gasteiger partial charge in [0.1, 0.15) is 5.76 Å². The van der Waals surface area contributed by atoms with E-state index < -0.39 is 10.1 Å². The van der Waals surface area contributed by atoms with Crippen LogP contribution in [0.3, 0.4) is 0 Å². The van der Waals surface area contributed by atoms with Crippen LogP contribution >= 0.6 is 11.6 Å². The summed E-state index contributed by atoms with van der Waals surface area (Å²) in [5.41, 5.74) is 0.278. The minimum absolute atomic E-state index is 0.0957. The van der Waals surface area contributed by atoms with Crippen molar-refractivity contribution in [1.82, 2.24) is 0 Å². The van der Waals surface area contributed by atoms with E-state index in [1.165, 1.54) is 30.3 Å². The van der Waals surface area contributed by atoms with Crippen LogP contribution in [0.5, 0.6) is 0 Å². The molecule has 0 fully saturated rings. The molecule has 2 rings (SSSR count). The first-order chi connectivity index (χ1) is 8.41. The van der Waals surface area contributed by atoms with Gasteiger partial charge >= 0.3 is 0 Å². The highest BCUT2D eigenvalue weighted by Crippen LogP contribution is 2.31. The summed E-state index contributed by atoms with van der Waals surface area (Å²) in [7, 11) is -4.32. The molecule has 0 aliphatic carbocycles. The van der Waals surface area contributed by atoms with Gasteiger partial charge in [0.15, 0.2) is 12.0 Å². The Morgan fingerprint density at radius 3 is 2.50 bits per heavy atom. The van der Waals surface area contributed by atoms with Crippen molar-refractivity contribution < 1.29 is 22.2 Å². The first-order valence-corrected chi connectivity index (χ1v) is 6.56. The third kappa shape index (κ3) is 2.45. The van der Waals surface area contributed by atoms with Crippen molar-refractivity contribution in [3.8, 4) is 11.3 Å². The van der Waals surface area contributed by atoms with Crippen LogP contribution in [-0.2, 0) is 10.1 Å². The number of carbonyl (C=O) groups excluding carboxylic acids is 1. The van der Waals surface area contributed by atoms with Gasteiger partial charge < -0.3 is 4.42 Å². The second kappa shape index (κ2) is 4.56. The smallest absolute Gasteiger partial charge is 0.294 e. The Kier molecular flexibility index (Phi) is 3.25. The van der Waals surface area contributed by atoms with Crippen molar-refractivity contribution in [2.24, 2.45) is 0 Å².